The standard InChI is InChI=1S/C12H24/c1-5-10-7-6-8-11(9-10)12(2,3)4/h10-11H,5-9H2,1-4H3. The Bertz CT molecular complexity index is 129. The first-order valence-corrected chi connectivity index (χ1v) is 5.54. The molecule has 2 unspecified atom stereocenters. The van der Waals surface area contributed by atoms with Gasteiger partial charge in [0, 0.05) is 0 Å². The summed E-state index contributed by atoms with van der Waals surface area (Å²) in [5.74, 6) is 2.01. The van der Waals surface area contributed by atoms with Gasteiger partial charge < -0.3 is 0 Å². The molecular weight excluding hydrogens is 144 g/mol. The fourth-order valence-corrected chi connectivity index (χ4v) is 2.45. The fourth-order valence-electron chi connectivity index (χ4n) is 2.45. The van der Waals surface area contributed by atoms with Crippen LogP contribution in [-0.4, -0.2) is 0 Å². The third kappa shape index (κ3) is 2.50. The summed E-state index contributed by atoms with van der Waals surface area (Å²) < 4.78 is 0. The summed E-state index contributed by atoms with van der Waals surface area (Å²) in [7, 11) is 0. The average molecular weight is 168 g/mol. The largest absolute Gasteiger partial charge is 0.0651 e. The first kappa shape index (κ1) is 10.1. The lowest BCUT2D eigenvalue weighted by Crippen LogP contribution is -2.26. The van der Waals surface area contributed by atoms with E-state index in [-0.39, 0.29) is 0 Å². The van der Waals surface area contributed by atoms with E-state index < -0.39 is 0 Å². The molecule has 12 heavy (non-hydrogen) atoms. The lowest BCUT2D eigenvalue weighted by atomic mass is 9.69. The van der Waals surface area contributed by atoms with Crippen LogP contribution in [0.3, 0.4) is 0 Å². The van der Waals surface area contributed by atoms with E-state index in [1.165, 1.54) is 32.1 Å². The first-order chi connectivity index (χ1) is 5.54. The van der Waals surface area contributed by atoms with E-state index >= 15 is 0 Å². The van der Waals surface area contributed by atoms with Gasteiger partial charge in [-0.3, -0.25) is 0 Å². The van der Waals surface area contributed by atoms with Crippen LogP contribution in [0.25, 0.3) is 0 Å². The number of hydrogen-bond acceptors (Lipinski definition) is 0. The Morgan fingerprint density at radius 1 is 1.17 bits per heavy atom. The highest BCUT2D eigenvalue weighted by atomic mass is 14.3. The minimum Gasteiger partial charge on any atom is -0.0651 e. The molecule has 2 atom stereocenters. The molecule has 0 heteroatoms. The summed E-state index contributed by atoms with van der Waals surface area (Å²) in [6, 6.07) is 0. The van der Waals surface area contributed by atoms with Crippen LogP contribution < -0.4 is 0 Å². The van der Waals surface area contributed by atoms with Gasteiger partial charge in [0.2, 0.25) is 0 Å². The highest BCUT2D eigenvalue weighted by Gasteiger charge is 2.29. The first-order valence-electron chi connectivity index (χ1n) is 5.54. The second kappa shape index (κ2) is 3.81. The Morgan fingerprint density at radius 3 is 2.33 bits per heavy atom. The molecule has 0 bridgehead atoms. The summed E-state index contributed by atoms with van der Waals surface area (Å²) >= 11 is 0. The van der Waals surface area contributed by atoms with Crippen LogP contribution in [0, 0.1) is 17.3 Å². The highest BCUT2D eigenvalue weighted by molar-refractivity contribution is 4.80. The van der Waals surface area contributed by atoms with E-state index in [1.54, 1.807) is 0 Å². The van der Waals surface area contributed by atoms with Gasteiger partial charge in [0.1, 0.15) is 0 Å². The van der Waals surface area contributed by atoms with Crippen LogP contribution in [0.2, 0.25) is 0 Å². The van der Waals surface area contributed by atoms with E-state index in [0.717, 1.165) is 11.8 Å². The molecule has 0 amide bonds. The Balaban J connectivity index is 2.46. The molecule has 0 aromatic rings. The van der Waals surface area contributed by atoms with Crippen molar-refractivity contribution in [2.45, 2.75) is 59.8 Å². The molecule has 0 aromatic heterocycles. The van der Waals surface area contributed by atoms with E-state index in [4.69, 9.17) is 0 Å². The Labute approximate surface area is 77.7 Å². The molecule has 0 spiro atoms. The lowest BCUT2D eigenvalue weighted by molar-refractivity contribution is 0.139. The van der Waals surface area contributed by atoms with Gasteiger partial charge in [-0.05, 0) is 30.1 Å². The Hall–Kier alpha value is 0. The maximum absolute atomic E-state index is 2.40. The minimum absolute atomic E-state index is 0.549. The molecule has 0 saturated heterocycles. The normalized spacial score (nSPS) is 32.0. The van der Waals surface area contributed by atoms with Gasteiger partial charge in [-0.15, -0.1) is 0 Å². The van der Waals surface area contributed by atoms with Crippen molar-refractivity contribution in [3.63, 3.8) is 0 Å². The molecule has 1 aliphatic carbocycles. The zero-order valence-corrected chi connectivity index (χ0v) is 9.19. The Morgan fingerprint density at radius 2 is 1.83 bits per heavy atom. The van der Waals surface area contributed by atoms with Crippen molar-refractivity contribution in [1.82, 2.24) is 0 Å². The topological polar surface area (TPSA) is 0 Å². The van der Waals surface area contributed by atoms with Crippen LogP contribution in [0.15, 0.2) is 0 Å². The zero-order chi connectivity index (χ0) is 9.19. The summed E-state index contributed by atoms with van der Waals surface area (Å²) in [6.07, 6.45) is 7.32. The fraction of sp³-hybridized carbons (Fsp3) is 1.00. The van der Waals surface area contributed by atoms with Gasteiger partial charge in [-0.1, -0.05) is 47.0 Å². The smallest absolute Gasteiger partial charge is 0.0354 e. The van der Waals surface area contributed by atoms with Crippen LogP contribution in [0.4, 0.5) is 0 Å². The van der Waals surface area contributed by atoms with E-state index in [9.17, 15) is 0 Å². The van der Waals surface area contributed by atoms with Gasteiger partial charge in [-0.25, -0.2) is 0 Å². The third-order valence-corrected chi connectivity index (χ3v) is 3.58. The second-order valence-corrected chi connectivity index (χ2v) is 5.50. The van der Waals surface area contributed by atoms with Gasteiger partial charge in [0.25, 0.3) is 0 Å². The van der Waals surface area contributed by atoms with Crippen LogP contribution in [0.1, 0.15) is 59.8 Å². The molecule has 1 saturated carbocycles. The Kier molecular flexibility index (Phi) is 3.20. The van der Waals surface area contributed by atoms with Crippen LogP contribution >= 0.6 is 0 Å². The summed E-state index contributed by atoms with van der Waals surface area (Å²) in [6.45, 7) is 9.54. The monoisotopic (exact) mass is 168 g/mol. The third-order valence-electron chi connectivity index (χ3n) is 3.58. The predicted molar refractivity (Wildman–Crippen MR) is 55.2 cm³/mol. The van der Waals surface area contributed by atoms with Crippen molar-refractivity contribution in [3.8, 4) is 0 Å². The minimum atomic E-state index is 0.549. The molecule has 0 radical (unpaired) electrons. The van der Waals surface area contributed by atoms with Crippen LogP contribution in [0.5, 0.6) is 0 Å². The maximum Gasteiger partial charge on any atom is -0.0354 e. The molecule has 72 valence electrons. The average Bonchev–Trinajstić information content (AvgIpc) is 2.03. The molecule has 1 aliphatic rings. The summed E-state index contributed by atoms with van der Waals surface area (Å²) in [5.41, 5.74) is 0.549. The second-order valence-electron chi connectivity index (χ2n) is 5.50. The molecular formula is C12H24. The maximum atomic E-state index is 2.40. The van der Waals surface area contributed by atoms with Crippen molar-refractivity contribution in [2.75, 3.05) is 0 Å². The molecule has 0 N–H and O–H groups in total. The molecule has 0 heterocycles. The van der Waals surface area contributed by atoms with Crippen molar-refractivity contribution >= 4 is 0 Å². The van der Waals surface area contributed by atoms with Crippen molar-refractivity contribution in [3.05, 3.63) is 0 Å². The number of hydrogen-bond donors (Lipinski definition) is 0. The van der Waals surface area contributed by atoms with Crippen LogP contribution in [-0.2, 0) is 0 Å². The van der Waals surface area contributed by atoms with E-state index in [1.807, 2.05) is 0 Å². The van der Waals surface area contributed by atoms with Gasteiger partial charge in [0.15, 0.2) is 0 Å². The summed E-state index contributed by atoms with van der Waals surface area (Å²) in [4.78, 5) is 0. The summed E-state index contributed by atoms with van der Waals surface area (Å²) in [5, 5.41) is 0. The van der Waals surface area contributed by atoms with Gasteiger partial charge >= 0.3 is 0 Å². The van der Waals surface area contributed by atoms with Crippen molar-refractivity contribution in [1.29, 1.82) is 0 Å². The molecule has 0 aliphatic heterocycles. The van der Waals surface area contributed by atoms with Gasteiger partial charge in [-0.2, -0.15) is 0 Å². The van der Waals surface area contributed by atoms with Crippen molar-refractivity contribution < 1.29 is 0 Å². The molecule has 1 fully saturated rings. The van der Waals surface area contributed by atoms with E-state index in [2.05, 4.69) is 27.7 Å². The van der Waals surface area contributed by atoms with Gasteiger partial charge in [0.05, 0.1) is 0 Å². The quantitative estimate of drug-likeness (QED) is 0.549. The predicted octanol–water partition coefficient (Wildman–Crippen LogP) is 4.25. The molecule has 1 rings (SSSR count). The number of rotatable bonds is 1. The zero-order valence-electron chi connectivity index (χ0n) is 9.19. The molecule has 0 nitrogen and oxygen atoms in total. The SMILES string of the molecule is CCC1CCCC(C(C)(C)C)C1. The van der Waals surface area contributed by atoms with Crippen molar-refractivity contribution in [2.24, 2.45) is 17.3 Å². The van der Waals surface area contributed by atoms with E-state index in [0.29, 0.717) is 5.41 Å². The molecule has 0 aromatic carbocycles. The lowest BCUT2D eigenvalue weighted by Gasteiger charge is -2.37. The highest BCUT2D eigenvalue weighted by Crippen LogP contribution is 2.40.